The van der Waals surface area contributed by atoms with E-state index in [0.29, 0.717) is 21.5 Å². The minimum atomic E-state index is 0.134. The first kappa shape index (κ1) is 16.6. The SMILES string of the molecule is O=C(CSc1nncn1C1CC1)NCC12C[C@H]3C[C@@H](CC(Br)(C3)C1)C2. The van der Waals surface area contributed by atoms with Crippen LogP contribution in [0.15, 0.2) is 11.5 Å². The van der Waals surface area contributed by atoms with Crippen molar-refractivity contribution in [2.24, 2.45) is 17.3 Å². The van der Waals surface area contributed by atoms with Crippen LogP contribution in [0.3, 0.4) is 0 Å². The van der Waals surface area contributed by atoms with Gasteiger partial charge in [0.2, 0.25) is 5.91 Å². The van der Waals surface area contributed by atoms with E-state index in [1.54, 1.807) is 6.33 Å². The summed E-state index contributed by atoms with van der Waals surface area (Å²) in [5, 5.41) is 12.3. The second kappa shape index (κ2) is 5.98. The van der Waals surface area contributed by atoms with E-state index in [0.717, 1.165) is 23.5 Å². The van der Waals surface area contributed by atoms with Crippen LogP contribution in [-0.4, -0.2) is 37.3 Å². The van der Waals surface area contributed by atoms with Gasteiger partial charge in [0.15, 0.2) is 5.16 Å². The van der Waals surface area contributed by atoms with Crippen molar-refractivity contribution in [3.05, 3.63) is 6.33 Å². The van der Waals surface area contributed by atoms with Crippen molar-refractivity contribution < 1.29 is 4.79 Å². The lowest BCUT2D eigenvalue weighted by molar-refractivity contribution is -0.120. The maximum absolute atomic E-state index is 12.4. The molecule has 1 N–H and O–H groups in total. The van der Waals surface area contributed by atoms with E-state index in [1.165, 1.54) is 63.1 Å². The molecule has 5 fully saturated rings. The van der Waals surface area contributed by atoms with Gasteiger partial charge in [0.05, 0.1) is 5.75 Å². The van der Waals surface area contributed by atoms with E-state index in [1.807, 2.05) is 0 Å². The Kier molecular flexibility index (Phi) is 3.97. The largest absolute Gasteiger partial charge is 0.355 e. The number of carbonyl (C=O) groups is 1. The number of aromatic nitrogens is 3. The highest BCUT2D eigenvalue weighted by Crippen LogP contribution is 2.64. The van der Waals surface area contributed by atoms with Crippen LogP contribution in [0, 0.1) is 17.3 Å². The Balaban J connectivity index is 1.16. The molecule has 0 aromatic carbocycles. The Morgan fingerprint density at radius 3 is 2.76 bits per heavy atom. The average Bonchev–Trinajstić information content (AvgIpc) is 3.27. The highest BCUT2D eigenvalue weighted by Gasteiger charge is 2.56. The summed E-state index contributed by atoms with van der Waals surface area (Å²) in [5.41, 5.74) is 0.335. The molecular formula is C18H25BrN4OS. The van der Waals surface area contributed by atoms with Crippen molar-refractivity contribution >= 4 is 33.6 Å². The maximum Gasteiger partial charge on any atom is 0.230 e. The molecule has 1 heterocycles. The molecule has 1 aromatic heterocycles. The number of hydrogen-bond acceptors (Lipinski definition) is 4. The third-order valence-corrected chi connectivity index (χ3v) is 8.47. The monoisotopic (exact) mass is 424 g/mol. The number of hydrogen-bond donors (Lipinski definition) is 1. The van der Waals surface area contributed by atoms with Crippen molar-refractivity contribution in [1.29, 1.82) is 0 Å². The fraction of sp³-hybridized carbons (Fsp3) is 0.833. The normalized spacial score (nSPS) is 38.9. The molecule has 2 atom stereocenters. The molecule has 0 radical (unpaired) electrons. The van der Waals surface area contributed by atoms with E-state index in [2.05, 4.69) is 36.0 Å². The molecule has 5 nitrogen and oxygen atoms in total. The van der Waals surface area contributed by atoms with Crippen LogP contribution in [0.2, 0.25) is 0 Å². The van der Waals surface area contributed by atoms with Gasteiger partial charge in [-0.25, -0.2) is 0 Å². The van der Waals surface area contributed by atoms with Gasteiger partial charge in [-0.2, -0.15) is 0 Å². The molecule has 0 unspecified atom stereocenters. The first-order chi connectivity index (χ1) is 12.0. The minimum Gasteiger partial charge on any atom is -0.355 e. The van der Waals surface area contributed by atoms with Crippen molar-refractivity contribution in [3.63, 3.8) is 0 Å². The van der Waals surface area contributed by atoms with Crippen molar-refractivity contribution in [3.8, 4) is 0 Å². The Labute approximate surface area is 161 Å². The minimum absolute atomic E-state index is 0.134. The van der Waals surface area contributed by atoms with E-state index < -0.39 is 0 Å². The van der Waals surface area contributed by atoms with E-state index in [9.17, 15) is 4.79 Å². The summed E-state index contributed by atoms with van der Waals surface area (Å²) in [6, 6.07) is 0.558. The van der Waals surface area contributed by atoms with Crippen LogP contribution in [0.5, 0.6) is 0 Å². The van der Waals surface area contributed by atoms with Gasteiger partial charge in [0.25, 0.3) is 0 Å². The third-order valence-electron chi connectivity index (χ3n) is 6.58. The fourth-order valence-corrected chi connectivity index (χ4v) is 8.27. The van der Waals surface area contributed by atoms with Crippen LogP contribution in [-0.2, 0) is 4.79 Å². The molecule has 5 saturated carbocycles. The molecule has 1 aromatic rings. The molecule has 7 heteroatoms. The van der Waals surface area contributed by atoms with E-state index in [4.69, 9.17) is 0 Å². The summed E-state index contributed by atoms with van der Waals surface area (Å²) in [6.07, 6.45) is 12.1. The van der Waals surface area contributed by atoms with Crippen LogP contribution in [0.4, 0.5) is 0 Å². The van der Waals surface area contributed by atoms with E-state index >= 15 is 0 Å². The van der Waals surface area contributed by atoms with Crippen molar-refractivity contribution in [1.82, 2.24) is 20.1 Å². The predicted molar refractivity (Wildman–Crippen MR) is 101 cm³/mol. The van der Waals surface area contributed by atoms with Gasteiger partial charge in [-0.05, 0) is 68.6 Å². The zero-order valence-corrected chi connectivity index (χ0v) is 16.8. The standard InChI is InChI=1S/C18H25BrN4OS/c19-18-6-12-3-13(7-18)5-17(4-12,9-18)10-20-15(24)8-25-16-22-21-11-23(16)14-1-2-14/h11-14H,1-10H2,(H,20,24)/t12-,13-,17?,18?/m1/s1. The first-order valence-corrected chi connectivity index (χ1v) is 11.3. The molecule has 4 bridgehead atoms. The number of amides is 1. The molecule has 5 aliphatic rings. The van der Waals surface area contributed by atoms with Crippen LogP contribution >= 0.6 is 27.7 Å². The molecule has 5 aliphatic carbocycles. The van der Waals surface area contributed by atoms with Gasteiger partial charge in [0.1, 0.15) is 6.33 Å². The van der Waals surface area contributed by atoms with Crippen LogP contribution < -0.4 is 5.32 Å². The predicted octanol–water partition coefficient (Wildman–Crippen LogP) is 3.56. The highest BCUT2D eigenvalue weighted by molar-refractivity contribution is 9.10. The Morgan fingerprint density at radius 1 is 1.32 bits per heavy atom. The summed E-state index contributed by atoms with van der Waals surface area (Å²) in [4.78, 5) is 12.4. The second-order valence-corrected chi connectivity index (χ2v) is 11.6. The molecule has 25 heavy (non-hydrogen) atoms. The second-order valence-electron chi connectivity index (χ2n) is 8.93. The molecule has 6 rings (SSSR count). The quantitative estimate of drug-likeness (QED) is 0.560. The molecule has 0 spiro atoms. The Bertz CT molecular complexity index is 674. The van der Waals surface area contributed by atoms with Crippen LogP contribution in [0.1, 0.15) is 57.4 Å². The van der Waals surface area contributed by atoms with E-state index in [-0.39, 0.29) is 5.91 Å². The maximum atomic E-state index is 12.4. The zero-order chi connectivity index (χ0) is 17.1. The summed E-state index contributed by atoms with van der Waals surface area (Å²) >= 11 is 5.56. The third kappa shape index (κ3) is 3.27. The molecule has 0 aliphatic heterocycles. The number of thioether (sulfide) groups is 1. The van der Waals surface area contributed by atoms with Crippen molar-refractivity contribution in [2.75, 3.05) is 12.3 Å². The lowest BCUT2D eigenvalue weighted by Gasteiger charge is -2.60. The Morgan fingerprint density at radius 2 is 2.08 bits per heavy atom. The smallest absolute Gasteiger partial charge is 0.230 e. The number of halogens is 1. The van der Waals surface area contributed by atoms with Gasteiger partial charge in [-0.1, -0.05) is 27.7 Å². The summed E-state index contributed by atoms with van der Waals surface area (Å²) in [6.45, 7) is 0.849. The average molecular weight is 425 g/mol. The number of rotatable bonds is 6. The summed E-state index contributed by atoms with van der Waals surface area (Å²) < 4.78 is 2.48. The molecule has 0 saturated heterocycles. The molecule has 136 valence electrons. The number of alkyl halides is 1. The topological polar surface area (TPSA) is 59.8 Å². The zero-order valence-electron chi connectivity index (χ0n) is 14.4. The number of carbonyl (C=O) groups excluding carboxylic acids is 1. The Hall–Kier alpha value is -0.560. The molecular weight excluding hydrogens is 400 g/mol. The lowest BCUT2D eigenvalue weighted by atomic mass is 9.49. The van der Waals surface area contributed by atoms with Crippen LogP contribution in [0.25, 0.3) is 0 Å². The van der Waals surface area contributed by atoms with Gasteiger partial charge in [-0.15, -0.1) is 10.2 Å². The summed E-state index contributed by atoms with van der Waals surface area (Å²) in [7, 11) is 0. The highest BCUT2D eigenvalue weighted by atomic mass is 79.9. The van der Waals surface area contributed by atoms with Gasteiger partial charge in [-0.3, -0.25) is 4.79 Å². The number of nitrogens with one attached hydrogen (secondary N) is 1. The fourth-order valence-electron chi connectivity index (χ4n) is 5.95. The number of nitrogens with zero attached hydrogens (tertiary/aromatic N) is 3. The van der Waals surface area contributed by atoms with Gasteiger partial charge in [0, 0.05) is 16.9 Å². The summed E-state index contributed by atoms with van der Waals surface area (Å²) in [5.74, 6) is 2.30. The van der Waals surface area contributed by atoms with Gasteiger partial charge >= 0.3 is 0 Å². The van der Waals surface area contributed by atoms with Crippen molar-refractivity contribution in [2.45, 2.75) is 66.9 Å². The first-order valence-electron chi connectivity index (χ1n) is 9.51. The van der Waals surface area contributed by atoms with Gasteiger partial charge < -0.3 is 9.88 Å². The lowest BCUT2D eigenvalue weighted by Crippen LogP contribution is -2.56. The molecule has 1 amide bonds.